The Morgan fingerprint density at radius 2 is 2.00 bits per heavy atom. The lowest BCUT2D eigenvalue weighted by atomic mass is 10.1. The molecule has 1 aromatic carbocycles. The molecule has 106 valence electrons. The molecule has 0 fully saturated rings. The van der Waals surface area contributed by atoms with Crippen molar-refractivity contribution in [1.29, 1.82) is 0 Å². The number of hydrogen-bond donors (Lipinski definition) is 1. The van der Waals surface area contributed by atoms with E-state index in [-0.39, 0.29) is 5.91 Å². The highest BCUT2D eigenvalue weighted by atomic mass is 32.2. The summed E-state index contributed by atoms with van der Waals surface area (Å²) in [4.78, 5) is 15.0. The predicted molar refractivity (Wildman–Crippen MR) is 80.5 cm³/mol. The molecule has 0 aliphatic rings. The Kier molecular flexibility index (Phi) is 5.88. The maximum atomic E-state index is 12.1. The number of nitrogens with zero attached hydrogens (tertiary/aromatic N) is 1. The van der Waals surface area contributed by atoms with Crippen LogP contribution in [-0.2, 0) is 4.79 Å². The Morgan fingerprint density at radius 1 is 1.37 bits per heavy atom. The van der Waals surface area contributed by atoms with Gasteiger partial charge in [0.15, 0.2) is 0 Å². The van der Waals surface area contributed by atoms with Crippen LogP contribution in [0.25, 0.3) is 0 Å². The zero-order valence-corrected chi connectivity index (χ0v) is 13.0. The number of rotatable bonds is 6. The number of aliphatic hydroxyl groups is 1. The van der Waals surface area contributed by atoms with Crippen LogP contribution in [0.3, 0.4) is 0 Å². The van der Waals surface area contributed by atoms with Crippen molar-refractivity contribution < 1.29 is 9.90 Å². The summed E-state index contributed by atoms with van der Waals surface area (Å²) in [6, 6.07) is 8.04. The van der Waals surface area contributed by atoms with Gasteiger partial charge in [-0.05, 0) is 39.3 Å². The maximum Gasteiger partial charge on any atom is 0.233 e. The molecule has 1 aromatic rings. The van der Waals surface area contributed by atoms with E-state index in [1.165, 1.54) is 5.56 Å². The SMILES string of the molecule is CCN(CC(C)(C)O)C(=O)CSc1ccccc1C. The van der Waals surface area contributed by atoms with Crippen LogP contribution < -0.4 is 0 Å². The molecule has 0 atom stereocenters. The van der Waals surface area contributed by atoms with Gasteiger partial charge in [0.05, 0.1) is 11.4 Å². The summed E-state index contributed by atoms with van der Waals surface area (Å²) in [6.45, 7) is 8.41. The van der Waals surface area contributed by atoms with Crippen molar-refractivity contribution >= 4 is 17.7 Å². The molecule has 0 aromatic heterocycles. The zero-order valence-electron chi connectivity index (χ0n) is 12.1. The minimum Gasteiger partial charge on any atom is -0.389 e. The number of carbonyl (C=O) groups excluding carboxylic acids is 1. The molecule has 0 bridgehead atoms. The van der Waals surface area contributed by atoms with Crippen molar-refractivity contribution in [2.45, 2.75) is 38.2 Å². The highest BCUT2D eigenvalue weighted by Gasteiger charge is 2.21. The summed E-state index contributed by atoms with van der Waals surface area (Å²) in [5, 5.41) is 9.80. The second kappa shape index (κ2) is 6.96. The van der Waals surface area contributed by atoms with Gasteiger partial charge in [0, 0.05) is 18.0 Å². The summed E-state index contributed by atoms with van der Waals surface area (Å²) in [7, 11) is 0. The van der Waals surface area contributed by atoms with Gasteiger partial charge in [-0.15, -0.1) is 11.8 Å². The van der Waals surface area contributed by atoms with Crippen molar-refractivity contribution in [2.24, 2.45) is 0 Å². The average Bonchev–Trinajstić information content (AvgIpc) is 2.33. The summed E-state index contributed by atoms with van der Waals surface area (Å²) in [5.41, 5.74) is 0.338. The molecule has 0 unspecified atom stereocenters. The van der Waals surface area contributed by atoms with Crippen LogP contribution in [0, 0.1) is 6.92 Å². The third-order valence-electron chi connectivity index (χ3n) is 2.76. The molecule has 4 heteroatoms. The summed E-state index contributed by atoms with van der Waals surface area (Å²) >= 11 is 1.55. The fourth-order valence-electron chi connectivity index (χ4n) is 1.79. The molecule has 1 amide bonds. The van der Waals surface area contributed by atoms with E-state index < -0.39 is 5.60 Å². The van der Waals surface area contributed by atoms with Gasteiger partial charge in [0.25, 0.3) is 0 Å². The van der Waals surface area contributed by atoms with Gasteiger partial charge in [0.2, 0.25) is 5.91 Å². The molecule has 1 N–H and O–H groups in total. The predicted octanol–water partition coefficient (Wildman–Crippen LogP) is 2.71. The van der Waals surface area contributed by atoms with Crippen molar-refractivity contribution in [3.8, 4) is 0 Å². The fraction of sp³-hybridized carbons (Fsp3) is 0.533. The molecule has 0 heterocycles. The lowest BCUT2D eigenvalue weighted by molar-refractivity contribution is -0.131. The quantitative estimate of drug-likeness (QED) is 0.815. The first-order chi connectivity index (χ1) is 8.83. The average molecular weight is 281 g/mol. The van der Waals surface area contributed by atoms with Gasteiger partial charge in [-0.2, -0.15) is 0 Å². The van der Waals surface area contributed by atoms with Crippen LogP contribution in [0.4, 0.5) is 0 Å². The third-order valence-corrected chi connectivity index (χ3v) is 3.92. The van der Waals surface area contributed by atoms with E-state index in [9.17, 15) is 9.90 Å². The Bertz CT molecular complexity index is 426. The van der Waals surface area contributed by atoms with E-state index >= 15 is 0 Å². The molecular formula is C15H23NO2S. The van der Waals surface area contributed by atoms with Crippen LogP contribution in [0.1, 0.15) is 26.3 Å². The molecule has 0 radical (unpaired) electrons. The molecule has 0 aliphatic carbocycles. The summed E-state index contributed by atoms with van der Waals surface area (Å²) in [6.07, 6.45) is 0. The minimum absolute atomic E-state index is 0.0675. The van der Waals surface area contributed by atoms with Crippen molar-refractivity contribution in [3.05, 3.63) is 29.8 Å². The smallest absolute Gasteiger partial charge is 0.233 e. The van der Waals surface area contributed by atoms with Gasteiger partial charge >= 0.3 is 0 Å². The number of likely N-dealkylation sites (N-methyl/N-ethyl adjacent to an activating group) is 1. The molecular weight excluding hydrogens is 258 g/mol. The molecule has 0 aliphatic heterocycles. The number of amides is 1. The third kappa shape index (κ3) is 5.66. The van der Waals surface area contributed by atoms with E-state index in [2.05, 4.69) is 0 Å². The molecule has 0 spiro atoms. The first kappa shape index (κ1) is 16.1. The van der Waals surface area contributed by atoms with E-state index in [0.717, 1.165) is 4.90 Å². The highest BCUT2D eigenvalue weighted by molar-refractivity contribution is 8.00. The number of hydrogen-bond acceptors (Lipinski definition) is 3. The largest absolute Gasteiger partial charge is 0.389 e. The van der Waals surface area contributed by atoms with Gasteiger partial charge in [0.1, 0.15) is 0 Å². The minimum atomic E-state index is -0.848. The maximum absolute atomic E-state index is 12.1. The van der Waals surface area contributed by atoms with Gasteiger partial charge < -0.3 is 10.0 Å². The fourth-order valence-corrected chi connectivity index (χ4v) is 2.72. The highest BCUT2D eigenvalue weighted by Crippen LogP contribution is 2.22. The summed E-state index contributed by atoms with van der Waals surface area (Å²) in [5.74, 6) is 0.479. The number of carbonyl (C=O) groups is 1. The van der Waals surface area contributed by atoms with Crippen LogP contribution in [-0.4, -0.2) is 40.4 Å². The van der Waals surface area contributed by atoms with E-state index in [4.69, 9.17) is 0 Å². The van der Waals surface area contributed by atoms with E-state index in [1.807, 2.05) is 38.1 Å². The Hall–Kier alpha value is -1.00. The molecule has 1 rings (SSSR count). The molecule has 19 heavy (non-hydrogen) atoms. The van der Waals surface area contributed by atoms with Crippen LogP contribution in [0.5, 0.6) is 0 Å². The summed E-state index contributed by atoms with van der Waals surface area (Å²) < 4.78 is 0. The van der Waals surface area contributed by atoms with Crippen molar-refractivity contribution in [3.63, 3.8) is 0 Å². The lowest BCUT2D eigenvalue weighted by Crippen LogP contribution is -2.42. The molecule has 3 nitrogen and oxygen atoms in total. The lowest BCUT2D eigenvalue weighted by Gasteiger charge is -2.28. The van der Waals surface area contributed by atoms with E-state index in [0.29, 0.717) is 18.8 Å². The normalized spacial score (nSPS) is 11.4. The first-order valence-electron chi connectivity index (χ1n) is 6.52. The zero-order chi connectivity index (χ0) is 14.5. The van der Waals surface area contributed by atoms with E-state index in [1.54, 1.807) is 30.5 Å². The van der Waals surface area contributed by atoms with Crippen molar-refractivity contribution in [2.75, 3.05) is 18.8 Å². The topological polar surface area (TPSA) is 40.5 Å². The standard InChI is InChI=1S/C15H23NO2S/c1-5-16(11-15(3,4)18)14(17)10-19-13-9-7-6-8-12(13)2/h6-9,18H,5,10-11H2,1-4H3. The van der Waals surface area contributed by atoms with Crippen LogP contribution in [0.15, 0.2) is 29.2 Å². The van der Waals surface area contributed by atoms with Gasteiger partial charge in [-0.25, -0.2) is 0 Å². The Morgan fingerprint density at radius 3 is 2.53 bits per heavy atom. The number of benzene rings is 1. The molecule has 0 saturated heterocycles. The monoisotopic (exact) mass is 281 g/mol. The molecule has 0 saturated carbocycles. The Balaban J connectivity index is 2.57. The van der Waals surface area contributed by atoms with Crippen LogP contribution >= 0.6 is 11.8 Å². The second-order valence-corrected chi connectivity index (χ2v) is 6.29. The second-order valence-electron chi connectivity index (χ2n) is 5.27. The number of aryl methyl sites for hydroxylation is 1. The first-order valence-corrected chi connectivity index (χ1v) is 7.50. The van der Waals surface area contributed by atoms with Crippen molar-refractivity contribution in [1.82, 2.24) is 4.90 Å². The van der Waals surface area contributed by atoms with Crippen LogP contribution in [0.2, 0.25) is 0 Å². The number of thioether (sulfide) groups is 1. The van der Waals surface area contributed by atoms with Gasteiger partial charge in [-0.1, -0.05) is 18.2 Å². The van der Waals surface area contributed by atoms with Gasteiger partial charge in [-0.3, -0.25) is 4.79 Å². The Labute approximate surface area is 120 Å².